The fraction of sp³-hybridized carbons (Fsp3) is 0.0714. The fourth-order valence-corrected chi connectivity index (χ4v) is 2.23. The summed E-state index contributed by atoms with van der Waals surface area (Å²) in [5.74, 6) is -0.205. The van der Waals surface area contributed by atoms with Gasteiger partial charge in [-0.25, -0.2) is 0 Å². The summed E-state index contributed by atoms with van der Waals surface area (Å²) >= 11 is 17.8. The van der Waals surface area contributed by atoms with Crippen molar-refractivity contribution in [3.05, 3.63) is 57.5 Å². The van der Waals surface area contributed by atoms with Crippen molar-refractivity contribution in [1.82, 2.24) is 0 Å². The van der Waals surface area contributed by atoms with Crippen LogP contribution in [0, 0.1) is 0 Å². The minimum atomic E-state index is -0.205. The number of rotatable bonds is 4. The van der Waals surface area contributed by atoms with E-state index in [4.69, 9.17) is 34.8 Å². The number of benzene rings is 2. The van der Waals surface area contributed by atoms with Crippen molar-refractivity contribution in [2.24, 2.45) is 0 Å². The van der Waals surface area contributed by atoms with Crippen LogP contribution in [0.25, 0.3) is 0 Å². The zero-order valence-electron chi connectivity index (χ0n) is 10.3. The summed E-state index contributed by atoms with van der Waals surface area (Å²) in [6.45, 7) is 0.0616. The molecule has 0 heterocycles. The second-order valence-electron chi connectivity index (χ2n) is 4.01. The number of para-hydroxylation sites is 1. The van der Waals surface area contributed by atoms with Gasteiger partial charge in [0, 0.05) is 10.7 Å². The molecule has 0 aromatic heterocycles. The number of carbonyl (C=O) groups excluding carboxylic acids is 1. The highest BCUT2D eigenvalue weighted by Crippen LogP contribution is 2.29. The monoisotopic (exact) mass is 328 g/mol. The Balaban J connectivity index is 1.94. The Morgan fingerprint density at radius 2 is 1.55 bits per heavy atom. The van der Waals surface area contributed by atoms with Crippen LogP contribution in [0.4, 0.5) is 11.4 Å². The normalized spacial score (nSPS) is 10.2. The molecule has 0 aliphatic rings. The largest absolute Gasteiger partial charge is 0.374 e. The standard InChI is InChI=1S/C14H11Cl3N2O/c15-9-4-6-10(7-5-9)19-13(20)8-18-14-11(16)2-1-3-12(14)17/h1-7,18H,8H2,(H,19,20). The molecule has 2 aromatic carbocycles. The Hall–Kier alpha value is -1.42. The number of nitrogens with one attached hydrogen (secondary N) is 2. The molecular formula is C14H11Cl3N2O. The summed E-state index contributed by atoms with van der Waals surface area (Å²) in [4.78, 5) is 11.8. The molecule has 0 bridgehead atoms. The maximum absolute atomic E-state index is 11.8. The smallest absolute Gasteiger partial charge is 0.243 e. The lowest BCUT2D eigenvalue weighted by molar-refractivity contribution is -0.114. The van der Waals surface area contributed by atoms with E-state index in [1.807, 2.05) is 0 Å². The number of amides is 1. The predicted octanol–water partition coefficient (Wildman–Crippen LogP) is 4.70. The van der Waals surface area contributed by atoms with Crippen LogP contribution in [-0.4, -0.2) is 12.5 Å². The Labute approximate surface area is 131 Å². The van der Waals surface area contributed by atoms with Crippen molar-refractivity contribution < 1.29 is 4.79 Å². The van der Waals surface area contributed by atoms with Crippen LogP contribution in [0.5, 0.6) is 0 Å². The maximum atomic E-state index is 11.8. The lowest BCUT2D eigenvalue weighted by atomic mass is 10.3. The molecule has 0 atom stereocenters. The van der Waals surface area contributed by atoms with E-state index in [1.165, 1.54) is 0 Å². The van der Waals surface area contributed by atoms with Crippen LogP contribution in [-0.2, 0) is 4.79 Å². The van der Waals surface area contributed by atoms with Crippen molar-refractivity contribution in [3.63, 3.8) is 0 Å². The molecule has 0 saturated heterocycles. The molecule has 0 fully saturated rings. The van der Waals surface area contributed by atoms with Crippen LogP contribution < -0.4 is 10.6 Å². The number of halogens is 3. The molecule has 0 unspecified atom stereocenters. The van der Waals surface area contributed by atoms with Crippen LogP contribution in [0.3, 0.4) is 0 Å². The molecule has 2 aromatic rings. The first-order chi connectivity index (χ1) is 9.56. The SMILES string of the molecule is O=C(CNc1c(Cl)cccc1Cl)Nc1ccc(Cl)cc1. The van der Waals surface area contributed by atoms with Gasteiger partial charge in [0.1, 0.15) is 0 Å². The molecular weight excluding hydrogens is 319 g/mol. The Bertz CT molecular complexity index is 594. The van der Waals surface area contributed by atoms with Crippen molar-refractivity contribution >= 4 is 52.1 Å². The molecule has 3 nitrogen and oxygen atoms in total. The van der Waals surface area contributed by atoms with E-state index in [2.05, 4.69) is 10.6 Å². The first-order valence-corrected chi connectivity index (χ1v) is 6.93. The quantitative estimate of drug-likeness (QED) is 0.854. The molecule has 0 aliphatic carbocycles. The van der Waals surface area contributed by atoms with Crippen molar-refractivity contribution in [2.75, 3.05) is 17.2 Å². The fourth-order valence-electron chi connectivity index (χ4n) is 1.57. The number of carbonyl (C=O) groups is 1. The van der Waals surface area contributed by atoms with E-state index in [9.17, 15) is 4.79 Å². The van der Waals surface area contributed by atoms with E-state index < -0.39 is 0 Å². The molecule has 104 valence electrons. The first-order valence-electron chi connectivity index (χ1n) is 5.79. The lowest BCUT2D eigenvalue weighted by Crippen LogP contribution is -2.21. The highest BCUT2D eigenvalue weighted by atomic mass is 35.5. The van der Waals surface area contributed by atoms with Gasteiger partial charge in [-0.1, -0.05) is 40.9 Å². The van der Waals surface area contributed by atoms with E-state index in [0.29, 0.717) is 26.4 Å². The van der Waals surface area contributed by atoms with Crippen molar-refractivity contribution in [3.8, 4) is 0 Å². The number of anilines is 2. The third-order valence-electron chi connectivity index (χ3n) is 2.52. The minimum absolute atomic E-state index is 0.0616. The summed E-state index contributed by atoms with van der Waals surface area (Å²) < 4.78 is 0. The molecule has 0 spiro atoms. The minimum Gasteiger partial charge on any atom is -0.374 e. The van der Waals surface area contributed by atoms with Gasteiger partial charge in [-0.05, 0) is 36.4 Å². The van der Waals surface area contributed by atoms with Gasteiger partial charge in [-0.3, -0.25) is 4.79 Å². The molecule has 20 heavy (non-hydrogen) atoms. The average molecular weight is 330 g/mol. The number of hydrogen-bond donors (Lipinski definition) is 2. The van der Waals surface area contributed by atoms with E-state index in [0.717, 1.165) is 0 Å². The van der Waals surface area contributed by atoms with Crippen LogP contribution in [0.15, 0.2) is 42.5 Å². The lowest BCUT2D eigenvalue weighted by Gasteiger charge is -2.10. The zero-order valence-corrected chi connectivity index (χ0v) is 12.6. The summed E-state index contributed by atoms with van der Waals surface area (Å²) in [7, 11) is 0. The highest BCUT2D eigenvalue weighted by Gasteiger charge is 2.07. The summed E-state index contributed by atoms with van der Waals surface area (Å²) in [6, 6.07) is 12.0. The molecule has 0 radical (unpaired) electrons. The van der Waals surface area contributed by atoms with Crippen LogP contribution >= 0.6 is 34.8 Å². The second-order valence-corrected chi connectivity index (χ2v) is 5.26. The Morgan fingerprint density at radius 1 is 0.950 bits per heavy atom. The van der Waals surface area contributed by atoms with Gasteiger partial charge >= 0.3 is 0 Å². The summed E-state index contributed by atoms with van der Waals surface area (Å²) in [6.07, 6.45) is 0. The predicted molar refractivity (Wildman–Crippen MR) is 85.0 cm³/mol. The molecule has 2 N–H and O–H groups in total. The van der Waals surface area contributed by atoms with Gasteiger partial charge in [-0.2, -0.15) is 0 Å². The van der Waals surface area contributed by atoms with Gasteiger partial charge in [0.05, 0.1) is 22.3 Å². The van der Waals surface area contributed by atoms with Gasteiger partial charge < -0.3 is 10.6 Å². The number of hydrogen-bond acceptors (Lipinski definition) is 2. The van der Waals surface area contributed by atoms with Gasteiger partial charge in [0.2, 0.25) is 5.91 Å². The van der Waals surface area contributed by atoms with Crippen molar-refractivity contribution in [2.45, 2.75) is 0 Å². The van der Waals surface area contributed by atoms with Crippen molar-refractivity contribution in [1.29, 1.82) is 0 Å². The molecule has 6 heteroatoms. The molecule has 2 rings (SSSR count). The van der Waals surface area contributed by atoms with E-state index in [-0.39, 0.29) is 12.5 Å². The molecule has 0 saturated carbocycles. The Kier molecular flexibility index (Phi) is 5.12. The van der Waals surface area contributed by atoms with Crippen LogP contribution in [0.1, 0.15) is 0 Å². The van der Waals surface area contributed by atoms with Gasteiger partial charge in [0.25, 0.3) is 0 Å². The topological polar surface area (TPSA) is 41.1 Å². The first kappa shape index (κ1) is 15.0. The average Bonchev–Trinajstić information content (AvgIpc) is 2.41. The van der Waals surface area contributed by atoms with E-state index in [1.54, 1.807) is 42.5 Å². The third-order valence-corrected chi connectivity index (χ3v) is 3.40. The van der Waals surface area contributed by atoms with Crippen LogP contribution in [0.2, 0.25) is 15.1 Å². The maximum Gasteiger partial charge on any atom is 0.243 e. The Morgan fingerprint density at radius 3 is 2.15 bits per heavy atom. The molecule has 1 amide bonds. The van der Waals surface area contributed by atoms with Gasteiger partial charge in [-0.15, -0.1) is 0 Å². The molecule has 0 aliphatic heterocycles. The highest BCUT2D eigenvalue weighted by molar-refractivity contribution is 6.39. The van der Waals surface area contributed by atoms with E-state index >= 15 is 0 Å². The second kappa shape index (κ2) is 6.84. The summed E-state index contributed by atoms with van der Waals surface area (Å²) in [5, 5.41) is 7.20. The summed E-state index contributed by atoms with van der Waals surface area (Å²) in [5.41, 5.74) is 1.22. The zero-order chi connectivity index (χ0) is 14.5. The third kappa shape index (κ3) is 4.04. The van der Waals surface area contributed by atoms with Gasteiger partial charge in [0.15, 0.2) is 0 Å².